The molecule has 0 bridgehead atoms. The highest BCUT2D eigenvalue weighted by Crippen LogP contribution is 2.24. The van der Waals surface area contributed by atoms with Gasteiger partial charge in [0.2, 0.25) is 0 Å². The first-order valence-electron chi connectivity index (χ1n) is 5.72. The van der Waals surface area contributed by atoms with E-state index in [1.165, 1.54) is 11.3 Å². The van der Waals surface area contributed by atoms with Crippen LogP contribution in [0, 0.1) is 0 Å². The number of hydrogen-bond donors (Lipinski definition) is 1. The van der Waals surface area contributed by atoms with Crippen molar-refractivity contribution in [2.75, 3.05) is 19.0 Å². The van der Waals surface area contributed by atoms with E-state index in [1.807, 2.05) is 24.7 Å². The number of aromatic nitrogens is 1. The van der Waals surface area contributed by atoms with Crippen molar-refractivity contribution in [2.24, 2.45) is 0 Å². The number of thiazole rings is 1. The molecule has 1 heterocycles. The third-order valence-corrected chi connectivity index (χ3v) is 3.57. The van der Waals surface area contributed by atoms with Crippen LogP contribution in [0.15, 0.2) is 29.1 Å². The number of halogens is 1. The van der Waals surface area contributed by atoms with Gasteiger partial charge in [-0.15, -0.1) is 11.3 Å². The third-order valence-electron chi connectivity index (χ3n) is 2.70. The van der Waals surface area contributed by atoms with E-state index < -0.39 is 0 Å². The van der Waals surface area contributed by atoms with Crippen LogP contribution in [0.5, 0.6) is 0 Å². The van der Waals surface area contributed by atoms with Gasteiger partial charge >= 0.3 is 0 Å². The summed E-state index contributed by atoms with van der Waals surface area (Å²) >= 11 is 7.67. The molecule has 18 heavy (non-hydrogen) atoms. The molecule has 1 aromatic carbocycles. The molecule has 1 N–H and O–H groups in total. The molecule has 0 aliphatic carbocycles. The first-order chi connectivity index (χ1) is 8.70. The Morgan fingerprint density at radius 3 is 2.94 bits per heavy atom. The van der Waals surface area contributed by atoms with Crippen molar-refractivity contribution in [3.05, 3.63) is 45.4 Å². The molecular formula is C13H16ClN3S. The van der Waals surface area contributed by atoms with E-state index >= 15 is 0 Å². The van der Waals surface area contributed by atoms with Gasteiger partial charge in [-0.25, -0.2) is 4.98 Å². The minimum absolute atomic E-state index is 0.769. The highest BCUT2D eigenvalue weighted by molar-refractivity contribution is 7.07. The van der Waals surface area contributed by atoms with Gasteiger partial charge < -0.3 is 10.2 Å². The molecule has 0 aliphatic rings. The second-order valence-corrected chi connectivity index (χ2v) is 5.29. The maximum Gasteiger partial charge on any atom is 0.0795 e. The summed E-state index contributed by atoms with van der Waals surface area (Å²) in [5.41, 5.74) is 5.33. The second-order valence-electron chi connectivity index (χ2n) is 4.14. The molecule has 3 nitrogen and oxygen atoms in total. The third kappa shape index (κ3) is 3.22. The molecule has 2 rings (SSSR count). The molecule has 0 spiro atoms. The molecular weight excluding hydrogens is 266 g/mol. The number of benzene rings is 1. The molecule has 0 fully saturated rings. The second kappa shape index (κ2) is 6.18. The fourth-order valence-corrected chi connectivity index (χ4v) is 2.65. The van der Waals surface area contributed by atoms with Gasteiger partial charge in [-0.3, -0.25) is 0 Å². The Bertz CT molecular complexity index is 499. The van der Waals surface area contributed by atoms with Crippen LogP contribution in [0.3, 0.4) is 0 Å². The predicted molar refractivity (Wildman–Crippen MR) is 78.4 cm³/mol. The Hall–Kier alpha value is -1.10. The summed E-state index contributed by atoms with van der Waals surface area (Å²) in [6, 6.07) is 5.99. The lowest BCUT2D eigenvalue weighted by molar-refractivity contribution is 0.803. The quantitative estimate of drug-likeness (QED) is 0.912. The van der Waals surface area contributed by atoms with Crippen LogP contribution in [-0.4, -0.2) is 19.1 Å². The van der Waals surface area contributed by atoms with E-state index in [4.69, 9.17) is 11.6 Å². The van der Waals surface area contributed by atoms with Crippen LogP contribution in [-0.2, 0) is 13.1 Å². The van der Waals surface area contributed by atoms with E-state index in [2.05, 4.69) is 33.7 Å². The molecule has 0 radical (unpaired) electrons. The highest BCUT2D eigenvalue weighted by atomic mass is 35.5. The van der Waals surface area contributed by atoms with Crippen molar-refractivity contribution in [1.29, 1.82) is 0 Å². The highest BCUT2D eigenvalue weighted by Gasteiger charge is 2.09. The van der Waals surface area contributed by atoms with Gasteiger partial charge in [-0.2, -0.15) is 0 Å². The van der Waals surface area contributed by atoms with E-state index in [1.54, 1.807) is 11.3 Å². The first-order valence-corrected chi connectivity index (χ1v) is 7.04. The topological polar surface area (TPSA) is 28.2 Å². The number of anilines is 1. The molecule has 0 saturated carbocycles. The standard InChI is InChI=1S/C13H16ClN3S/c1-15-6-10-5-11(14)3-4-13(10)17(2)7-12-8-18-9-16-12/h3-5,8-9,15H,6-7H2,1-2H3. The zero-order chi connectivity index (χ0) is 13.0. The maximum absolute atomic E-state index is 6.04. The summed E-state index contributed by atoms with van der Waals surface area (Å²) in [4.78, 5) is 6.50. The molecule has 0 saturated heterocycles. The molecule has 0 unspecified atom stereocenters. The van der Waals surface area contributed by atoms with Gasteiger partial charge in [0.15, 0.2) is 0 Å². The van der Waals surface area contributed by atoms with Crippen LogP contribution in [0.4, 0.5) is 5.69 Å². The summed E-state index contributed by atoms with van der Waals surface area (Å²) in [5.74, 6) is 0. The monoisotopic (exact) mass is 281 g/mol. The van der Waals surface area contributed by atoms with Crippen molar-refractivity contribution < 1.29 is 0 Å². The number of nitrogens with one attached hydrogen (secondary N) is 1. The fraction of sp³-hybridized carbons (Fsp3) is 0.308. The molecule has 0 aliphatic heterocycles. The Balaban J connectivity index is 2.20. The Labute approximate surface area is 116 Å². The van der Waals surface area contributed by atoms with Crippen molar-refractivity contribution in [3.8, 4) is 0 Å². The molecule has 5 heteroatoms. The number of rotatable bonds is 5. The van der Waals surface area contributed by atoms with Gasteiger partial charge in [0.05, 0.1) is 17.7 Å². The van der Waals surface area contributed by atoms with E-state index in [9.17, 15) is 0 Å². The fourth-order valence-electron chi connectivity index (χ4n) is 1.90. The van der Waals surface area contributed by atoms with Gasteiger partial charge in [-0.05, 0) is 30.8 Å². The SMILES string of the molecule is CNCc1cc(Cl)ccc1N(C)Cc1cscn1. The largest absolute Gasteiger partial charge is 0.368 e. The first kappa shape index (κ1) is 13.3. The lowest BCUT2D eigenvalue weighted by atomic mass is 10.1. The molecule has 1 aromatic heterocycles. The Morgan fingerprint density at radius 1 is 1.44 bits per heavy atom. The van der Waals surface area contributed by atoms with Crippen LogP contribution < -0.4 is 10.2 Å². The van der Waals surface area contributed by atoms with Crippen LogP contribution in [0.25, 0.3) is 0 Å². The average molecular weight is 282 g/mol. The summed E-state index contributed by atoms with van der Waals surface area (Å²) in [7, 11) is 4.01. The number of nitrogens with zero attached hydrogens (tertiary/aromatic N) is 2. The smallest absolute Gasteiger partial charge is 0.0795 e. The molecule has 2 aromatic rings. The Morgan fingerprint density at radius 2 is 2.28 bits per heavy atom. The van der Waals surface area contributed by atoms with Crippen LogP contribution in [0.2, 0.25) is 5.02 Å². The van der Waals surface area contributed by atoms with E-state index in [0.717, 1.165) is 23.8 Å². The molecule has 0 amide bonds. The minimum Gasteiger partial charge on any atom is -0.368 e. The van der Waals surface area contributed by atoms with Crippen molar-refractivity contribution in [1.82, 2.24) is 10.3 Å². The zero-order valence-electron chi connectivity index (χ0n) is 10.5. The lowest BCUT2D eigenvalue weighted by Crippen LogP contribution is -2.19. The predicted octanol–water partition coefficient (Wildman–Crippen LogP) is 3.15. The normalized spacial score (nSPS) is 10.6. The molecule has 96 valence electrons. The van der Waals surface area contributed by atoms with Crippen molar-refractivity contribution in [3.63, 3.8) is 0 Å². The van der Waals surface area contributed by atoms with Gasteiger partial charge in [0, 0.05) is 29.7 Å². The van der Waals surface area contributed by atoms with Gasteiger partial charge in [-0.1, -0.05) is 11.6 Å². The lowest BCUT2D eigenvalue weighted by Gasteiger charge is -2.22. The minimum atomic E-state index is 0.769. The van der Waals surface area contributed by atoms with Crippen LogP contribution >= 0.6 is 22.9 Å². The van der Waals surface area contributed by atoms with E-state index in [0.29, 0.717) is 0 Å². The summed E-state index contributed by atoms with van der Waals surface area (Å²) in [6.07, 6.45) is 0. The van der Waals surface area contributed by atoms with Gasteiger partial charge in [0.1, 0.15) is 0 Å². The van der Waals surface area contributed by atoms with Gasteiger partial charge in [0.25, 0.3) is 0 Å². The van der Waals surface area contributed by atoms with Crippen molar-refractivity contribution in [2.45, 2.75) is 13.1 Å². The number of hydrogen-bond acceptors (Lipinski definition) is 4. The summed E-state index contributed by atoms with van der Waals surface area (Å²) in [6.45, 7) is 1.61. The Kier molecular flexibility index (Phi) is 4.58. The van der Waals surface area contributed by atoms with Crippen LogP contribution in [0.1, 0.15) is 11.3 Å². The molecule has 0 atom stereocenters. The maximum atomic E-state index is 6.04. The van der Waals surface area contributed by atoms with E-state index in [-0.39, 0.29) is 0 Å². The zero-order valence-corrected chi connectivity index (χ0v) is 12.1. The summed E-state index contributed by atoms with van der Waals surface area (Å²) in [5, 5.41) is 6.01. The summed E-state index contributed by atoms with van der Waals surface area (Å²) < 4.78 is 0. The van der Waals surface area contributed by atoms with Crippen molar-refractivity contribution >= 4 is 28.6 Å². The average Bonchev–Trinajstić information content (AvgIpc) is 2.82.